The lowest BCUT2D eigenvalue weighted by atomic mass is 10.0. The third-order valence-electron chi connectivity index (χ3n) is 3.64. The number of anilines is 1. The van der Waals surface area contributed by atoms with Gasteiger partial charge in [-0.3, -0.25) is 4.79 Å². The van der Waals surface area contributed by atoms with Crippen molar-refractivity contribution < 1.29 is 5.11 Å². The van der Waals surface area contributed by atoms with E-state index >= 15 is 0 Å². The number of fused-ring (bicyclic) bond motifs is 1. The zero-order chi connectivity index (χ0) is 13.2. The van der Waals surface area contributed by atoms with Crippen molar-refractivity contribution in [1.82, 2.24) is 14.6 Å². The molecule has 0 radical (unpaired) electrons. The molecule has 0 saturated heterocycles. The van der Waals surface area contributed by atoms with Crippen LogP contribution in [0.5, 0.6) is 0 Å². The highest BCUT2D eigenvalue weighted by molar-refractivity contribution is 7.20. The van der Waals surface area contributed by atoms with Gasteiger partial charge in [0, 0.05) is 24.9 Å². The lowest BCUT2D eigenvalue weighted by Gasteiger charge is -2.19. The van der Waals surface area contributed by atoms with Gasteiger partial charge in [-0.15, -0.1) is 5.10 Å². The molecule has 1 saturated carbocycles. The predicted octanol–water partition coefficient (Wildman–Crippen LogP) is 1.11. The van der Waals surface area contributed by atoms with Crippen molar-refractivity contribution in [2.45, 2.75) is 31.7 Å². The zero-order valence-corrected chi connectivity index (χ0v) is 11.3. The third-order valence-corrected chi connectivity index (χ3v) is 4.49. The minimum atomic E-state index is -0.160. The van der Waals surface area contributed by atoms with E-state index in [4.69, 9.17) is 5.11 Å². The van der Waals surface area contributed by atoms with Gasteiger partial charge in [-0.2, -0.15) is 4.52 Å². The molecule has 2 atom stereocenters. The highest BCUT2D eigenvalue weighted by Crippen LogP contribution is 2.31. The molecule has 0 bridgehead atoms. The van der Waals surface area contributed by atoms with Crippen LogP contribution in [0.25, 0.3) is 4.96 Å². The Hall–Kier alpha value is -1.47. The van der Waals surface area contributed by atoms with Crippen LogP contribution in [0.15, 0.2) is 17.1 Å². The van der Waals surface area contributed by atoms with Gasteiger partial charge in [-0.1, -0.05) is 17.8 Å². The summed E-state index contributed by atoms with van der Waals surface area (Å²) in [5, 5.41) is 17.4. The van der Waals surface area contributed by atoms with Crippen LogP contribution < -0.4 is 10.9 Å². The van der Waals surface area contributed by atoms with Gasteiger partial charge in [0.25, 0.3) is 5.56 Å². The maximum atomic E-state index is 11.6. The van der Waals surface area contributed by atoms with Crippen LogP contribution in [0.3, 0.4) is 0 Å². The van der Waals surface area contributed by atoms with Gasteiger partial charge in [0.05, 0.1) is 0 Å². The SMILES string of the molecule is O=c1ccnc2sc(NC3CCCC3CCO)nn12. The van der Waals surface area contributed by atoms with Crippen molar-refractivity contribution in [3.8, 4) is 0 Å². The summed E-state index contributed by atoms with van der Waals surface area (Å²) in [5.41, 5.74) is -0.160. The van der Waals surface area contributed by atoms with E-state index in [-0.39, 0.29) is 12.2 Å². The second-order valence-electron chi connectivity index (χ2n) is 4.84. The monoisotopic (exact) mass is 280 g/mol. The molecule has 2 unspecified atom stereocenters. The first kappa shape index (κ1) is 12.6. The molecule has 2 N–H and O–H groups in total. The van der Waals surface area contributed by atoms with Crippen molar-refractivity contribution in [3.05, 3.63) is 22.6 Å². The Morgan fingerprint density at radius 2 is 2.42 bits per heavy atom. The molecule has 1 aliphatic rings. The third kappa shape index (κ3) is 2.48. The standard InChI is InChI=1S/C12H16N4O2S/c17-7-5-8-2-1-3-9(8)14-11-15-16-10(18)4-6-13-12(16)19-11/h4,6,8-9,17H,1-3,5,7H2,(H,14,15). The number of hydrogen-bond acceptors (Lipinski definition) is 6. The summed E-state index contributed by atoms with van der Waals surface area (Å²) in [7, 11) is 0. The number of aromatic nitrogens is 3. The normalized spacial score (nSPS) is 23.0. The Morgan fingerprint density at radius 3 is 3.21 bits per heavy atom. The smallest absolute Gasteiger partial charge is 0.275 e. The van der Waals surface area contributed by atoms with E-state index in [1.165, 1.54) is 34.5 Å². The van der Waals surface area contributed by atoms with Crippen LogP contribution in [0.4, 0.5) is 5.13 Å². The lowest BCUT2D eigenvalue weighted by molar-refractivity contribution is 0.254. The molecule has 0 amide bonds. The van der Waals surface area contributed by atoms with E-state index in [0.29, 0.717) is 16.9 Å². The first-order valence-electron chi connectivity index (χ1n) is 6.50. The fourth-order valence-electron chi connectivity index (χ4n) is 2.70. The van der Waals surface area contributed by atoms with Gasteiger partial charge in [0.2, 0.25) is 10.1 Å². The molecule has 6 nitrogen and oxygen atoms in total. The van der Waals surface area contributed by atoms with Crippen molar-refractivity contribution in [3.63, 3.8) is 0 Å². The van der Waals surface area contributed by atoms with Crippen LogP contribution in [0.1, 0.15) is 25.7 Å². The topological polar surface area (TPSA) is 79.5 Å². The van der Waals surface area contributed by atoms with Crippen LogP contribution in [-0.4, -0.2) is 32.4 Å². The van der Waals surface area contributed by atoms with E-state index in [0.717, 1.165) is 24.4 Å². The Kier molecular flexibility index (Phi) is 3.48. The second-order valence-corrected chi connectivity index (χ2v) is 5.79. The van der Waals surface area contributed by atoms with Crippen molar-refractivity contribution >= 4 is 21.4 Å². The van der Waals surface area contributed by atoms with Gasteiger partial charge in [0.15, 0.2) is 0 Å². The van der Waals surface area contributed by atoms with Crippen LogP contribution in [0, 0.1) is 5.92 Å². The van der Waals surface area contributed by atoms with Gasteiger partial charge >= 0.3 is 0 Å². The van der Waals surface area contributed by atoms with E-state index in [1.54, 1.807) is 0 Å². The molecule has 19 heavy (non-hydrogen) atoms. The molecule has 102 valence electrons. The van der Waals surface area contributed by atoms with E-state index < -0.39 is 0 Å². The lowest BCUT2D eigenvalue weighted by Crippen LogP contribution is -2.25. The van der Waals surface area contributed by atoms with Crippen molar-refractivity contribution in [1.29, 1.82) is 0 Å². The molecule has 2 heterocycles. The summed E-state index contributed by atoms with van der Waals surface area (Å²) in [5.74, 6) is 0.488. The number of nitrogens with zero attached hydrogens (tertiary/aromatic N) is 3. The molecular formula is C12H16N4O2S. The Balaban J connectivity index is 1.81. The van der Waals surface area contributed by atoms with Gasteiger partial charge in [0.1, 0.15) is 0 Å². The van der Waals surface area contributed by atoms with Gasteiger partial charge in [-0.05, 0) is 25.2 Å². The number of nitrogens with one attached hydrogen (secondary N) is 1. The van der Waals surface area contributed by atoms with Gasteiger partial charge in [-0.25, -0.2) is 4.98 Å². The molecule has 0 aromatic carbocycles. The summed E-state index contributed by atoms with van der Waals surface area (Å²) >= 11 is 1.39. The molecule has 0 aliphatic heterocycles. The Bertz CT molecular complexity index is 623. The largest absolute Gasteiger partial charge is 0.396 e. The summed E-state index contributed by atoms with van der Waals surface area (Å²) in [4.78, 5) is 16.3. The summed E-state index contributed by atoms with van der Waals surface area (Å²) < 4.78 is 1.32. The molecule has 1 aliphatic carbocycles. The van der Waals surface area contributed by atoms with E-state index in [2.05, 4.69) is 15.4 Å². The van der Waals surface area contributed by atoms with Crippen LogP contribution in [-0.2, 0) is 0 Å². The fraction of sp³-hybridized carbons (Fsp3) is 0.583. The first-order chi connectivity index (χ1) is 9.28. The molecule has 1 fully saturated rings. The molecule has 3 rings (SSSR count). The fourth-order valence-corrected chi connectivity index (χ4v) is 3.54. The Morgan fingerprint density at radius 1 is 1.53 bits per heavy atom. The van der Waals surface area contributed by atoms with Gasteiger partial charge < -0.3 is 10.4 Å². The van der Waals surface area contributed by atoms with Crippen LogP contribution in [0.2, 0.25) is 0 Å². The molecule has 2 aromatic heterocycles. The first-order valence-corrected chi connectivity index (χ1v) is 7.32. The van der Waals surface area contributed by atoms with Crippen molar-refractivity contribution in [2.75, 3.05) is 11.9 Å². The average Bonchev–Trinajstić information content (AvgIpc) is 2.98. The number of rotatable bonds is 4. The van der Waals surface area contributed by atoms with Crippen LogP contribution >= 0.6 is 11.3 Å². The summed E-state index contributed by atoms with van der Waals surface area (Å²) in [6.45, 7) is 0.226. The quantitative estimate of drug-likeness (QED) is 0.877. The molecule has 0 spiro atoms. The summed E-state index contributed by atoms with van der Waals surface area (Å²) in [6.07, 6.45) is 5.72. The number of aliphatic hydroxyl groups is 1. The highest BCUT2D eigenvalue weighted by atomic mass is 32.1. The molecule has 2 aromatic rings. The van der Waals surface area contributed by atoms with E-state index in [1.807, 2.05) is 0 Å². The Labute approximate surface area is 114 Å². The molecular weight excluding hydrogens is 264 g/mol. The zero-order valence-electron chi connectivity index (χ0n) is 10.5. The molecule has 7 heteroatoms. The minimum absolute atomic E-state index is 0.160. The van der Waals surface area contributed by atoms with E-state index in [9.17, 15) is 4.79 Å². The second kappa shape index (κ2) is 5.26. The minimum Gasteiger partial charge on any atom is -0.396 e. The maximum Gasteiger partial charge on any atom is 0.275 e. The number of aliphatic hydroxyl groups excluding tert-OH is 1. The predicted molar refractivity (Wildman–Crippen MR) is 73.6 cm³/mol. The highest BCUT2D eigenvalue weighted by Gasteiger charge is 2.27. The maximum absolute atomic E-state index is 11.6. The average molecular weight is 280 g/mol. The summed E-state index contributed by atoms with van der Waals surface area (Å²) in [6, 6.07) is 1.74. The van der Waals surface area contributed by atoms with Crippen molar-refractivity contribution in [2.24, 2.45) is 5.92 Å². The number of hydrogen-bond donors (Lipinski definition) is 2.